The van der Waals surface area contributed by atoms with Crippen LogP contribution in [-0.4, -0.2) is 31.9 Å². The Hall–Kier alpha value is -0.580. The molecule has 0 saturated heterocycles. The van der Waals surface area contributed by atoms with Crippen molar-refractivity contribution in [1.29, 1.82) is 0 Å². The lowest BCUT2D eigenvalue weighted by molar-refractivity contribution is -0.126. The van der Waals surface area contributed by atoms with Crippen molar-refractivity contribution < 1.29 is 13.2 Å². The molecule has 1 N–H and O–H groups in total. The molecule has 98 valence electrons. The van der Waals surface area contributed by atoms with Crippen molar-refractivity contribution in [2.75, 3.05) is 6.26 Å². The molecule has 2 fully saturated rings. The third-order valence-corrected chi connectivity index (χ3v) is 5.85. The van der Waals surface area contributed by atoms with E-state index >= 15 is 0 Å². The SMILES string of the molecule is CC1(C(=O)NC2CCC(S(C)(=O)=O)CC2)CC1. The van der Waals surface area contributed by atoms with Crippen molar-refractivity contribution >= 4 is 15.7 Å². The maximum Gasteiger partial charge on any atom is 0.226 e. The fourth-order valence-electron chi connectivity index (χ4n) is 2.41. The van der Waals surface area contributed by atoms with E-state index < -0.39 is 9.84 Å². The highest BCUT2D eigenvalue weighted by Gasteiger charge is 2.45. The third-order valence-electron chi connectivity index (χ3n) is 4.16. The van der Waals surface area contributed by atoms with Gasteiger partial charge in [-0.15, -0.1) is 0 Å². The summed E-state index contributed by atoms with van der Waals surface area (Å²) in [4.78, 5) is 11.8. The van der Waals surface area contributed by atoms with Gasteiger partial charge in [0.05, 0.1) is 5.25 Å². The van der Waals surface area contributed by atoms with Crippen LogP contribution in [0.1, 0.15) is 45.4 Å². The number of hydrogen-bond donors (Lipinski definition) is 1. The molecular weight excluding hydrogens is 238 g/mol. The highest BCUT2D eigenvalue weighted by Crippen LogP contribution is 2.45. The van der Waals surface area contributed by atoms with E-state index in [1.165, 1.54) is 6.26 Å². The van der Waals surface area contributed by atoms with Gasteiger partial charge in [0.25, 0.3) is 0 Å². The van der Waals surface area contributed by atoms with Gasteiger partial charge < -0.3 is 5.32 Å². The predicted molar refractivity (Wildman–Crippen MR) is 66.4 cm³/mol. The molecule has 2 rings (SSSR count). The first-order valence-electron chi connectivity index (χ1n) is 6.31. The lowest BCUT2D eigenvalue weighted by Crippen LogP contribution is -2.42. The number of carbonyl (C=O) groups is 1. The highest BCUT2D eigenvalue weighted by atomic mass is 32.2. The second-order valence-corrected chi connectivity index (χ2v) is 8.16. The molecular formula is C12H21NO3S. The first-order chi connectivity index (χ1) is 7.81. The van der Waals surface area contributed by atoms with E-state index in [2.05, 4.69) is 5.32 Å². The summed E-state index contributed by atoms with van der Waals surface area (Å²) in [7, 11) is -2.91. The molecule has 0 aromatic heterocycles. The topological polar surface area (TPSA) is 63.2 Å². The second kappa shape index (κ2) is 4.26. The Morgan fingerprint density at radius 2 is 1.71 bits per heavy atom. The Morgan fingerprint density at radius 3 is 2.12 bits per heavy atom. The Morgan fingerprint density at radius 1 is 1.18 bits per heavy atom. The zero-order chi connectivity index (χ0) is 12.7. The van der Waals surface area contributed by atoms with Crippen molar-refractivity contribution in [2.24, 2.45) is 5.41 Å². The van der Waals surface area contributed by atoms with Gasteiger partial charge in [0, 0.05) is 17.7 Å². The Balaban J connectivity index is 1.82. The number of hydrogen-bond acceptors (Lipinski definition) is 3. The Kier molecular flexibility index (Phi) is 3.23. The van der Waals surface area contributed by atoms with Gasteiger partial charge in [0.2, 0.25) is 5.91 Å². The van der Waals surface area contributed by atoms with Gasteiger partial charge in [0.1, 0.15) is 9.84 Å². The van der Waals surface area contributed by atoms with Crippen molar-refractivity contribution in [2.45, 2.75) is 56.7 Å². The lowest BCUT2D eigenvalue weighted by Gasteiger charge is -2.28. The molecule has 17 heavy (non-hydrogen) atoms. The van der Waals surface area contributed by atoms with Crippen LogP contribution < -0.4 is 5.32 Å². The van der Waals surface area contributed by atoms with Crippen LogP contribution >= 0.6 is 0 Å². The summed E-state index contributed by atoms with van der Waals surface area (Å²) >= 11 is 0. The molecule has 0 aromatic rings. The zero-order valence-corrected chi connectivity index (χ0v) is 11.3. The molecule has 2 aliphatic rings. The summed E-state index contributed by atoms with van der Waals surface area (Å²) in [6, 6.07) is 0.179. The number of sulfone groups is 1. The fourth-order valence-corrected chi connectivity index (χ4v) is 3.54. The van der Waals surface area contributed by atoms with Gasteiger partial charge in [-0.3, -0.25) is 4.79 Å². The lowest BCUT2D eigenvalue weighted by atomic mass is 9.94. The van der Waals surface area contributed by atoms with E-state index in [1.54, 1.807) is 0 Å². The number of rotatable bonds is 3. The summed E-state index contributed by atoms with van der Waals surface area (Å²) in [5.41, 5.74) is -0.131. The maximum absolute atomic E-state index is 11.8. The van der Waals surface area contributed by atoms with Gasteiger partial charge in [-0.25, -0.2) is 8.42 Å². The van der Waals surface area contributed by atoms with Gasteiger partial charge in [0.15, 0.2) is 0 Å². The number of amides is 1. The van der Waals surface area contributed by atoms with E-state index in [1.807, 2.05) is 6.92 Å². The van der Waals surface area contributed by atoms with Gasteiger partial charge in [-0.1, -0.05) is 6.92 Å². The van der Waals surface area contributed by atoms with Crippen LogP contribution in [0.25, 0.3) is 0 Å². The molecule has 5 heteroatoms. The van der Waals surface area contributed by atoms with Crippen molar-refractivity contribution in [3.63, 3.8) is 0 Å². The smallest absolute Gasteiger partial charge is 0.226 e. The minimum absolute atomic E-state index is 0.131. The summed E-state index contributed by atoms with van der Waals surface area (Å²) in [6.45, 7) is 1.99. The molecule has 0 unspecified atom stereocenters. The van der Waals surface area contributed by atoms with E-state index in [0.717, 1.165) is 25.7 Å². The summed E-state index contributed by atoms with van der Waals surface area (Å²) in [5.74, 6) is 0.153. The molecule has 0 spiro atoms. The summed E-state index contributed by atoms with van der Waals surface area (Å²) in [5, 5.41) is 2.86. The predicted octanol–water partition coefficient (Wildman–Crippen LogP) is 1.26. The fraction of sp³-hybridized carbons (Fsp3) is 0.917. The molecule has 0 heterocycles. The van der Waals surface area contributed by atoms with Crippen LogP contribution in [0.15, 0.2) is 0 Å². The molecule has 0 atom stereocenters. The van der Waals surface area contributed by atoms with Crippen LogP contribution in [0.2, 0.25) is 0 Å². The molecule has 0 aliphatic heterocycles. The quantitative estimate of drug-likeness (QED) is 0.830. The molecule has 0 bridgehead atoms. The monoisotopic (exact) mass is 259 g/mol. The second-order valence-electron chi connectivity index (χ2n) is 5.84. The van der Waals surface area contributed by atoms with Gasteiger partial charge >= 0.3 is 0 Å². The minimum Gasteiger partial charge on any atom is -0.353 e. The van der Waals surface area contributed by atoms with Crippen molar-refractivity contribution in [3.8, 4) is 0 Å². The van der Waals surface area contributed by atoms with Crippen molar-refractivity contribution in [1.82, 2.24) is 5.32 Å². The van der Waals surface area contributed by atoms with E-state index in [0.29, 0.717) is 12.8 Å². The van der Waals surface area contributed by atoms with Gasteiger partial charge in [-0.05, 0) is 38.5 Å². The third kappa shape index (κ3) is 3.00. The van der Waals surface area contributed by atoms with E-state index in [9.17, 15) is 13.2 Å². The van der Waals surface area contributed by atoms with Crippen LogP contribution in [0.5, 0.6) is 0 Å². The first-order valence-corrected chi connectivity index (χ1v) is 8.26. The Labute approximate surface area is 103 Å². The molecule has 2 saturated carbocycles. The standard InChI is InChI=1S/C12H21NO3S/c1-12(7-8-12)11(14)13-9-3-5-10(6-4-9)17(2,15)16/h9-10H,3-8H2,1-2H3,(H,13,14). The zero-order valence-electron chi connectivity index (χ0n) is 10.5. The average Bonchev–Trinajstić information content (AvgIpc) is 2.97. The molecule has 1 amide bonds. The number of carbonyl (C=O) groups excluding carboxylic acids is 1. The first kappa shape index (κ1) is 12.9. The minimum atomic E-state index is -2.91. The largest absolute Gasteiger partial charge is 0.353 e. The van der Waals surface area contributed by atoms with Crippen molar-refractivity contribution in [3.05, 3.63) is 0 Å². The highest BCUT2D eigenvalue weighted by molar-refractivity contribution is 7.91. The van der Waals surface area contributed by atoms with E-state index in [4.69, 9.17) is 0 Å². The summed E-state index contributed by atoms with van der Waals surface area (Å²) in [6.07, 6.45) is 6.22. The molecule has 2 aliphatic carbocycles. The molecule has 0 radical (unpaired) electrons. The average molecular weight is 259 g/mol. The van der Waals surface area contributed by atoms with Crippen LogP contribution in [0, 0.1) is 5.41 Å². The molecule has 4 nitrogen and oxygen atoms in total. The molecule has 0 aromatic carbocycles. The summed E-state index contributed by atoms with van der Waals surface area (Å²) < 4.78 is 22.8. The van der Waals surface area contributed by atoms with Crippen LogP contribution in [0.4, 0.5) is 0 Å². The maximum atomic E-state index is 11.8. The van der Waals surface area contributed by atoms with Crippen LogP contribution in [0.3, 0.4) is 0 Å². The normalized spacial score (nSPS) is 31.9. The van der Waals surface area contributed by atoms with Gasteiger partial charge in [-0.2, -0.15) is 0 Å². The van der Waals surface area contributed by atoms with Crippen LogP contribution in [-0.2, 0) is 14.6 Å². The number of nitrogens with one attached hydrogen (secondary N) is 1. The Bertz CT molecular complexity index is 403. The van der Waals surface area contributed by atoms with E-state index in [-0.39, 0.29) is 22.6 Å².